The van der Waals surface area contributed by atoms with E-state index in [0.29, 0.717) is 13.0 Å². The van der Waals surface area contributed by atoms with E-state index in [1.807, 2.05) is 10.6 Å². The summed E-state index contributed by atoms with van der Waals surface area (Å²) in [5.74, 6) is -0.226. The largest absolute Gasteiger partial charge is 0.508 e. The number of carbonyl (C=O) groups is 1. The smallest absolute Gasteiger partial charge is 0.308 e. The first kappa shape index (κ1) is 14.4. The summed E-state index contributed by atoms with van der Waals surface area (Å²) < 4.78 is 1.94. The number of aliphatic carboxylic acids is 1. The Hall–Kier alpha value is -2.01. The quantitative estimate of drug-likeness (QED) is 0.891. The number of rotatable bonds is 2. The van der Waals surface area contributed by atoms with Crippen LogP contribution in [-0.4, -0.2) is 25.7 Å². The van der Waals surface area contributed by atoms with Crippen molar-refractivity contribution in [1.29, 1.82) is 0 Å². The Morgan fingerprint density at radius 1 is 1.40 bits per heavy atom. The van der Waals surface area contributed by atoms with Crippen molar-refractivity contribution in [2.75, 3.05) is 0 Å². The van der Waals surface area contributed by atoms with E-state index in [0.717, 1.165) is 23.5 Å². The predicted octanol–water partition coefficient (Wildman–Crippen LogP) is 2.32. The number of halogens is 1. The minimum absolute atomic E-state index is 0. The van der Waals surface area contributed by atoms with E-state index in [1.165, 1.54) is 0 Å². The highest BCUT2D eigenvalue weighted by Crippen LogP contribution is 2.28. The second-order valence-electron chi connectivity index (χ2n) is 4.81. The first-order valence-electron chi connectivity index (χ1n) is 6.22. The molecule has 0 amide bonds. The van der Waals surface area contributed by atoms with Gasteiger partial charge in [-0.25, -0.2) is 4.98 Å². The molecule has 1 aromatic carbocycles. The van der Waals surface area contributed by atoms with E-state index < -0.39 is 5.97 Å². The first-order chi connectivity index (χ1) is 9.15. The van der Waals surface area contributed by atoms with Gasteiger partial charge in [0.25, 0.3) is 0 Å². The number of nitrogens with zero attached hydrogens (tertiary/aromatic N) is 2. The third-order valence-electron chi connectivity index (χ3n) is 3.54. The molecule has 1 aromatic heterocycles. The van der Waals surface area contributed by atoms with Crippen LogP contribution in [0.5, 0.6) is 5.75 Å². The van der Waals surface area contributed by atoms with E-state index in [9.17, 15) is 9.90 Å². The number of carboxylic acids is 1. The predicted molar refractivity (Wildman–Crippen MR) is 76.0 cm³/mol. The van der Waals surface area contributed by atoms with Gasteiger partial charge in [-0.15, -0.1) is 12.4 Å². The van der Waals surface area contributed by atoms with Crippen LogP contribution in [-0.2, 0) is 17.8 Å². The maximum absolute atomic E-state index is 11.1. The zero-order valence-electron chi connectivity index (χ0n) is 10.7. The van der Waals surface area contributed by atoms with Crippen molar-refractivity contribution in [3.05, 3.63) is 36.2 Å². The number of fused-ring (bicyclic) bond motifs is 1. The zero-order chi connectivity index (χ0) is 13.4. The Bertz CT molecular complexity index is 639. The number of aromatic hydroxyl groups is 1. The van der Waals surface area contributed by atoms with Crippen molar-refractivity contribution in [1.82, 2.24) is 9.55 Å². The monoisotopic (exact) mass is 294 g/mol. The van der Waals surface area contributed by atoms with Gasteiger partial charge in [-0.05, 0) is 25.0 Å². The van der Waals surface area contributed by atoms with E-state index in [2.05, 4.69) is 4.98 Å². The summed E-state index contributed by atoms with van der Waals surface area (Å²) in [7, 11) is 0. The number of hydrogen-bond acceptors (Lipinski definition) is 3. The molecule has 0 radical (unpaired) electrons. The van der Waals surface area contributed by atoms with Gasteiger partial charge >= 0.3 is 5.97 Å². The molecule has 0 saturated heterocycles. The number of aryl methyl sites for hydroxylation is 1. The summed E-state index contributed by atoms with van der Waals surface area (Å²) in [6, 6.07) is 6.85. The van der Waals surface area contributed by atoms with Gasteiger partial charge in [-0.2, -0.15) is 0 Å². The van der Waals surface area contributed by atoms with Crippen LogP contribution in [0.15, 0.2) is 30.5 Å². The van der Waals surface area contributed by atoms with Crippen LogP contribution in [0.2, 0.25) is 0 Å². The standard InChI is InChI=1S/C14H14N2O3.ClH/c17-12-3-1-2-9(6-12)13-15-7-11-5-4-10(14(18)19)8-16(11)13;/h1-3,6-7,10,17H,4-5,8H2,(H,18,19);1H. The molecule has 2 heterocycles. The van der Waals surface area contributed by atoms with Gasteiger partial charge in [0.2, 0.25) is 0 Å². The SMILES string of the molecule is Cl.O=C(O)C1CCc2cnc(-c3cccc(O)c3)n2C1. The highest BCUT2D eigenvalue weighted by molar-refractivity contribution is 5.85. The van der Waals surface area contributed by atoms with E-state index in [1.54, 1.807) is 24.4 Å². The highest BCUT2D eigenvalue weighted by Gasteiger charge is 2.26. The fourth-order valence-corrected chi connectivity index (χ4v) is 2.53. The van der Waals surface area contributed by atoms with Gasteiger partial charge < -0.3 is 14.8 Å². The molecule has 0 saturated carbocycles. The molecule has 0 bridgehead atoms. The number of phenolic OH excluding ortho intramolecular Hbond substituents is 1. The Morgan fingerprint density at radius 2 is 2.20 bits per heavy atom. The van der Waals surface area contributed by atoms with E-state index >= 15 is 0 Å². The number of imidazole rings is 1. The molecule has 2 N–H and O–H groups in total. The lowest BCUT2D eigenvalue weighted by atomic mass is 9.98. The summed E-state index contributed by atoms with van der Waals surface area (Å²) in [5, 5.41) is 18.7. The molecule has 0 fully saturated rings. The van der Waals surface area contributed by atoms with Crippen LogP contribution in [0.25, 0.3) is 11.4 Å². The number of benzene rings is 1. The van der Waals surface area contributed by atoms with Crippen LogP contribution >= 0.6 is 12.4 Å². The fourth-order valence-electron chi connectivity index (χ4n) is 2.53. The summed E-state index contributed by atoms with van der Waals surface area (Å²) in [6.45, 7) is 0.440. The number of carboxylic acid groups (broad SMARTS) is 1. The van der Waals surface area contributed by atoms with Crippen molar-refractivity contribution in [3.8, 4) is 17.1 Å². The molecule has 106 valence electrons. The molecular weight excluding hydrogens is 280 g/mol. The highest BCUT2D eigenvalue weighted by atomic mass is 35.5. The average Bonchev–Trinajstić information content (AvgIpc) is 2.81. The molecule has 5 nitrogen and oxygen atoms in total. The summed E-state index contributed by atoms with van der Waals surface area (Å²) in [4.78, 5) is 15.5. The summed E-state index contributed by atoms with van der Waals surface area (Å²) in [5.41, 5.74) is 1.85. The van der Waals surface area contributed by atoms with Crippen molar-refractivity contribution in [2.24, 2.45) is 5.92 Å². The molecule has 1 aliphatic heterocycles. The van der Waals surface area contributed by atoms with Gasteiger partial charge in [0.1, 0.15) is 11.6 Å². The summed E-state index contributed by atoms with van der Waals surface area (Å²) in [6.07, 6.45) is 3.17. The van der Waals surface area contributed by atoms with Crippen molar-refractivity contribution in [3.63, 3.8) is 0 Å². The van der Waals surface area contributed by atoms with Gasteiger partial charge in [-0.3, -0.25) is 4.79 Å². The summed E-state index contributed by atoms with van der Waals surface area (Å²) >= 11 is 0. The van der Waals surface area contributed by atoms with Gasteiger partial charge in [0.15, 0.2) is 0 Å². The van der Waals surface area contributed by atoms with Crippen LogP contribution in [0.1, 0.15) is 12.1 Å². The fraction of sp³-hybridized carbons (Fsp3) is 0.286. The molecule has 20 heavy (non-hydrogen) atoms. The minimum atomic E-state index is -0.763. The third kappa shape index (κ3) is 2.49. The van der Waals surface area contributed by atoms with Gasteiger partial charge in [0.05, 0.1) is 5.92 Å². The lowest BCUT2D eigenvalue weighted by molar-refractivity contribution is -0.142. The Morgan fingerprint density at radius 3 is 2.90 bits per heavy atom. The lowest BCUT2D eigenvalue weighted by Crippen LogP contribution is -2.26. The molecule has 6 heteroatoms. The van der Waals surface area contributed by atoms with Gasteiger partial charge in [-0.1, -0.05) is 12.1 Å². The first-order valence-corrected chi connectivity index (χ1v) is 6.22. The molecule has 0 aliphatic carbocycles. The van der Waals surface area contributed by atoms with Crippen molar-refractivity contribution >= 4 is 18.4 Å². The molecule has 0 spiro atoms. The molecule has 3 rings (SSSR count). The topological polar surface area (TPSA) is 75.3 Å². The van der Waals surface area contributed by atoms with Crippen molar-refractivity contribution in [2.45, 2.75) is 19.4 Å². The molecule has 1 unspecified atom stereocenters. The number of phenols is 1. The number of aromatic nitrogens is 2. The second kappa shape index (κ2) is 5.54. The molecular formula is C14H15ClN2O3. The maximum atomic E-state index is 11.1. The van der Waals surface area contributed by atoms with Crippen molar-refractivity contribution < 1.29 is 15.0 Å². The molecule has 1 atom stereocenters. The number of hydrogen-bond donors (Lipinski definition) is 2. The lowest BCUT2D eigenvalue weighted by Gasteiger charge is -2.22. The maximum Gasteiger partial charge on any atom is 0.308 e. The average molecular weight is 295 g/mol. The Labute approximate surface area is 122 Å². The van der Waals surface area contributed by atoms with E-state index in [-0.39, 0.29) is 24.1 Å². The third-order valence-corrected chi connectivity index (χ3v) is 3.54. The Kier molecular flexibility index (Phi) is 3.99. The molecule has 2 aromatic rings. The van der Waals surface area contributed by atoms with E-state index in [4.69, 9.17) is 5.11 Å². The van der Waals surface area contributed by atoms with Crippen LogP contribution in [0, 0.1) is 5.92 Å². The van der Waals surface area contributed by atoms with Gasteiger partial charge in [0, 0.05) is 24.0 Å². The van der Waals surface area contributed by atoms with Crippen LogP contribution in [0.3, 0.4) is 0 Å². The normalized spacial score (nSPS) is 17.1. The van der Waals surface area contributed by atoms with Crippen LogP contribution < -0.4 is 0 Å². The minimum Gasteiger partial charge on any atom is -0.508 e. The Balaban J connectivity index is 0.00000147. The zero-order valence-corrected chi connectivity index (χ0v) is 11.5. The molecule has 1 aliphatic rings. The van der Waals surface area contributed by atoms with Crippen LogP contribution in [0.4, 0.5) is 0 Å². The second-order valence-corrected chi connectivity index (χ2v) is 4.81.